The lowest BCUT2D eigenvalue weighted by atomic mass is 10.2. The van der Waals surface area contributed by atoms with Gasteiger partial charge in [-0.3, -0.25) is 0 Å². The number of nitrogens with two attached hydrogens (primary N) is 1. The van der Waals surface area contributed by atoms with Crippen LogP contribution in [-0.2, 0) is 19.4 Å². The SMILES string of the molecule is Cl.Nc1ncc(CCc2cn(CC=Cc3ccccc3)nn2)[nH]1. The summed E-state index contributed by atoms with van der Waals surface area (Å²) in [6, 6.07) is 10.2. The number of hydrogen-bond acceptors (Lipinski definition) is 4. The molecule has 0 amide bonds. The third-order valence-corrected chi connectivity index (χ3v) is 3.29. The molecule has 0 radical (unpaired) electrons. The summed E-state index contributed by atoms with van der Waals surface area (Å²) in [7, 11) is 0. The number of aromatic amines is 1. The Labute approximate surface area is 140 Å². The first-order valence-electron chi connectivity index (χ1n) is 7.19. The summed E-state index contributed by atoms with van der Waals surface area (Å²) in [6.45, 7) is 0.707. The topological polar surface area (TPSA) is 85.4 Å². The highest BCUT2D eigenvalue weighted by atomic mass is 35.5. The average Bonchev–Trinajstić information content (AvgIpc) is 3.15. The average molecular weight is 331 g/mol. The predicted molar refractivity (Wildman–Crippen MR) is 93.2 cm³/mol. The maximum Gasteiger partial charge on any atom is 0.197 e. The number of aromatic nitrogens is 5. The van der Waals surface area contributed by atoms with Gasteiger partial charge in [0, 0.05) is 11.9 Å². The van der Waals surface area contributed by atoms with Gasteiger partial charge < -0.3 is 10.7 Å². The molecule has 3 rings (SSSR count). The third kappa shape index (κ3) is 4.96. The van der Waals surface area contributed by atoms with E-state index in [1.54, 1.807) is 6.20 Å². The summed E-state index contributed by atoms with van der Waals surface area (Å²) in [5.74, 6) is 0.449. The molecule has 2 heterocycles. The van der Waals surface area contributed by atoms with Crippen LogP contribution in [0.25, 0.3) is 6.08 Å². The van der Waals surface area contributed by atoms with Crippen molar-refractivity contribution in [3.05, 3.63) is 65.8 Å². The van der Waals surface area contributed by atoms with Crippen molar-refractivity contribution in [2.75, 3.05) is 5.73 Å². The van der Waals surface area contributed by atoms with E-state index in [2.05, 4.69) is 44.6 Å². The Hall–Kier alpha value is -2.60. The Bertz CT molecular complexity index is 747. The van der Waals surface area contributed by atoms with Crippen LogP contribution in [0.15, 0.2) is 48.8 Å². The summed E-state index contributed by atoms with van der Waals surface area (Å²) in [6.07, 6.45) is 9.50. The number of nitrogen functional groups attached to an aromatic ring is 1. The number of halogens is 1. The van der Waals surface area contributed by atoms with E-state index in [0.717, 1.165) is 24.2 Å². The van der Waals surface area contributed by atoms with E-state index in [1.807, 2.05) is 29.1 Å². The molecule has 0 saturated carbocycles. The van der Waals surface area contributed by atoms with Crippen molar-refractivity contribution in [3.63, 3.8) is 0 Å². The van der Waals surface area contributed by atoms with E-state index >= 15 is 0 Å². The molecule has 6 nitrogen and oxygen atoms in total. The van der Waals surface area contributed by atoms with Crippen molar-refractivity contribution in [2.24, 2.45) is 0 Å². The maximum atomic E-state index is 5.55. The highest BCUT2D eigenvalue weighted by Gasteiger charge is 2.02. The Morgan fingerprint density at radius 1 is 1.17 bits per heavy atom. The zero-order valence-corrected chi connectivity index (χ0v) is 13.4. The molecule has 0 spiro atoms. The van der Waals surface area contributed by atoms with Crippen molar-refractivity contribution in [2.45, 2.75) is 19.4 Å². The minimum absolute atomic E-state index is 0. The first kappa shape index (κ1) is 16.8. The molecule has 0 aliphatic rings. The van der Waals surface area contributed by atoms with Crippen LogP contribution in [0.4, 0.5) is 5.95 Å². The quantitative estimate of drug-likeness (QED) is 0.727. The predicted octanol–water partition coefficient (Wildman–Crippen LogP) is 2.50. The third-order valence-electron chi connectivity index (χ3n) is 3.29. The van der Waals surface area contributed by atoms with Crippen molar-refractivity contribution >= 4 is 24.4 Å². The number of allylic oxidation sites excluding steroid dienone is 1. The van der Waals surface area contributed by atoms with Crippen LogP contribution in [0.3, 0.4) is 0 Å². The number of anilines is 1. The van der Waals surface area contributed by atoms with Gasteiger partial charge in [-0.2, -0.15) is 0 Å². The van der Waals surface area contributed by atoms with Crippen LogP contribution < -0.4 is 5.73 Å². The van der Waals surface area contributed by atoms with Crippen LogP contribution in [0.5, 0.6) is 0 Å². The van der Waals surface area contributed by atoms with Gasteiger partial charge in [-0.15, -0.1) is 17.5 Å². The molecule has 120 valence electrons. The molecule has 0 fully saturated rings. The number of rotatable bonds is 6. The molecule has 0 atom stereocenters. The first-order valence-corrected chi connectivity index (χ1v) is 7.19. The van der Waals surface area contributed by atoms with Crippen LogP contribution >= 0.6 is 12.4 Å². The molecule has 3 N–H and O–H groups in total. The zero-order chi connectivity index (χ0) is 15.2. The van der Waals surface area contributed by atoms with Crippen molar-refractivity contribution in [1.82, 2.24) is 25.0 Å². The summed E-state index contributed by atoms with van der Waals surface area (Å²) < 4.78 is 1.83. The van der Waals surface area contributed by atoms with Gasteiger partial charge in [0.25, 0.3) is 0 Å². The molecule has 2 aromatic heterocycles. The molecule has 3 aromatic rings. The second-order valence-electron chi connectivity index (χ2n) is 5.04. The van der Waals surface area contributed by atoms with Crippen LogP contribution in [0, 0.1) is 0 Å². The Morgan fingerprint density at radius 2 is 2.00 bits per heavy atom. The van der Waals surface area contributed by atoms with Gasteiger partial charge >= 0.3 is 0 Å². The smallest absolute Gasteiger partial charge is 0.197 e. The molecule has 7 heteroatoms. The van der Waals surface area contributed by atoms with E-state index in [0.29, 0.717) is 12.5 Å². The largest absolute Gasteiger partial charge is 0.369 e. The summed E-state index contributed by atoms with van der Waals surface area (Å²) in [4.78, 5) is 6.98. The van der Waals surface area contributed by atoms with E-state index in [1.165, 1.54) is 5.56 Å². The molecular formula is C16H19ClN6. The lowest BCUT2D eigenvalue weighted by molar-refractivity contribution is 0.662. The number of hydrogen-bond donors (Lipinski definition) is 2. The number of benzene rings is 1. The Kier molecular flexibility index (Phi) is 5.94. The number of nitrogens with zero attached hydrogens (tertiary/aromatic N) is 4. The summed E-state index contributed by atoms with van der Waals surface area (Å²) in [5.41, 5.74) is 8.70. The van der Waals surface area contributed by atoms with Gasteiger partial charge in [0.1, 0.15) is 0 Å². The standard InChI is InChI=1S/C16H18N6.ClH/c17-16-18-11-14(19-16)8-9-15-12-22(21-20-15)10-4-7-13-5-2-1-3-6-13;/h1-7,11-12H,8-10H2,(H3,17,18,19);1H. The van der Waals surface area contributed by atoms with E-state index in [4.69, 9.17) is 5.73 Å². The highest BCUT2D eigenvalue weighted by molar-refractivity contribution is 5.85. The fourth-order valence-electron chi connectivity index (χ4n) is 2.17. The fourth-order valence-corrected chi connectivity index (χ4v) is 2.17. The normalized spacial score (nSPS) is 10.8. The summed E-state index contributed by atoms with van der Waals surface area (Å²) >= 11 is 0. The number of imidazole rings is 1. The van der Waals surface area contributed by atoms with Gasteiger partial charge in [0.2, 0.25) is 0 Å². The maximum absolute atomic E-state index is 5.55. The van der Waals surface area contributed by atoms with E-state index in [-0.39, 0.29) is 12.4 Å². The van der Waals surface area contributed by atoms with Gasteiger partial charge in [-0.25, -0.2) is 9.67 Å². The van der Waals surface area contributed by atoms with Gasteiger partial charge in [0.05, 0.1) is 18.4 Å². The monoisotopic (exact) mass is 330 g/mol. The van der Waals surface area contributed by atoms with Crippen LogP contribution in [-0.4, -0.2) is 25.0 Å². The molecule has 0 unspecified atom stereocenters. The molecule has 1 aromatic carbocycles. The summed E-state index contributed by atoms with van der Waals surface area (Å²) in [5, 5.41) is 8.31. The molecule has 23 heavy (non-hydrogen) atoms. The lowest BCUT2D eigenvalue weighted by Gasteiger charge is -1.94. The zero-order valence-electron chi connectivity index (χ0n) is 12.6. The molecule has 0 aliphatic carbocycles. The molecular weight excluding hydrogens is 312 g/mol. The van der Waals surface area contributed by atoms with Crippen molar-refractivity contribution in [1.29, 1.82) is 0 Å². The van der Waals surface area contributed by atoms with E-state index < -0.39 is 0 Å². The van der Waals surface area contributed by atoms with Gasteiger partial charge in [-0.05, 0) is 18.4 Å². The van der Waals surface area contributed by atoms with Gasteiger partial charge in [-0.1, -0.05) is 47.7 Å². The molecule has 0 bridgehead atoms. The number of aryl methyl sites for hydroxylation is 2. The molecule has 0 saturated heterocycles. The minimum Gasteiger partial charge on any atom is -0.369 e. The second kappa shape index (κ2) is 8.14. The van der Waals surface area contributed by atoms with Crippen LogP contribution in [0.1, 0.15) is 17.0 Å². The lowest BCUT2D eigenvalue weighted by Crippen LogP contribution is -1.95. The Balaban J connectivity index is 0.00000192. The van der Waals surface area contributed by atoms with Crippen LogP contribution in [0.2, 0.25) is 0 Å². The first-order chi connectivity index (χ1) is 10.8. The van der Waals surface area contributed by atoms with Crippen molar-refractivity contribution < 1.29 is 0 Å². The van der Waals surface area contributed by atoms with E-state index in [9.17, 15) is 0 Å². The number of nitrogens with one attached hydrogen (secondary N) is 1. The minimum atomic E-state index is 0. The van der Waals surface area contributed by atoms with Crippen molar-refractivity contribution in [3.8, 4) is 0 Å². The number of H-pyrrole nitrogens is 1. The van der Waals surface area contributed by atoms with Gasteiger partial charge in [0.15, 0.2) is 5.95 Å². The second-order valence-corrected chi connectivity index (χ2v) is 5.04. The fraction of sp³-hybridized carbons (Fsp3) is 0.188. The highest BCUT2D eigenvalue weighted by Crippen LogP contribution is 2.05. The molecule has 0 aliphatic heterocycles. The Morgan fingerprint density at radius 3 is 2.74 bits per heavy atom.